The maximum absolute atomic E-state index is 5.45. The number of rotatable bonds is 4. The average molecular weight is 226 g/mol. The molecule has 0 unspecified atom stereocenters. The summed E-state index contributed by atoms with van der Waals surface area (Å²) < 4.78 is 0. The monoisotopic (exact) mass is 226 g/mol. The third-order valence-corrected chi connectivity index (χ3v) is 2.41. The molecule has 0 aliphatic rings. The molecule has 0 fully saturated rings. The summed E-state index contributed by atoms with van der Waals surface area (Å²) in [6.45, 7) is 8.46. The highest BCUT2D eigenvalue weighted by Crippen LogP contribution is 2.14. The Hall–Kier alpha value is -0.540. The fourth-order valence-corrected chi connectivity index (χ4v) is 1.46. The van der Waals surface area contributed by atoms with Crippen LogP contribution >= 0.6 is 11.9 Å². The normalized spacial score (nSPS) is 9.73. The van der Waals surface area contributed by atoms with Crippen molar-refractivity contribution in [2.45, 2.75) is 45.4 Å². The Morgan fingerprint density at radius 1 is 1.33 bits per heavy atom. The second-order valence-corrected chi connectivity index (χ2v) is 4.29. The predicted octanol–water partition coefficient (Wildman–Crippen LogP) is 3.66. The van der Waals surface area contributed by atoms with Gasteiger partial charge in [0.2, 0.25) is 0 Å². The molecule has 1 aromatic heterocycles. The first kappa shape index (κ1) is 14.5. The van der Waals surface area contributed by atoms with E-state index in [0.29, 0.717) is 0 Å². The van der Waals surface area contributed by atoms with E-state index in [1.54, 1.807) is 6.20 Å². The van der Waals surface area contributed by atoms with E-state index in [1.807, 2.05) is 20.0 Å². The summed E-state index contributed by atoms with van der Waals surface area (Å²) in [5.41, 5.74) is 1.28. The Labute approximate surface area is 97.8 Å². The molecule has 0 aromatic carbocycles. The SMILES string of the molecule is CC.CC(C)CCc1cncc(SN)c1. The van der Waals surface area contributed by atoms with E-state index in [0.717, 1.165) is 17.2 Å². The quantitative estimate of drug-likeness (QED) is 0.796. The first-order valence-electron chi connectivity index (χ1n) is 5.53. The van der Waals surface area contributed by atoms with Gasteiger partial charge in [-0.2, -0.15) is 0 Å². The summed E-state index contributed by atoms with van der Waals surface area (Å²) in [5, 5.41) is 5.45. The summed E-state index contributed by atoms with van der Waals surface area (Å²) in [6, 6.07) is 2.11. The van der Waals surface area contributed by atoms with Gasteiger partial charge in [-0.3, -0.25) is 10.1 Å². The lowest BCUT2D eigenvalue weighted by molar-refractivity contribution is 0.585. The van der Waals surface area contributed by atoms with Crippen molar-refractivity contribution in [3.8, 4) is 0 Å². The van der Waals surface area contributed by atoms with Gasteiger partial charge in [0.25, 0.3) is 0 Å². The van der Waals surface area contributed by atoms with E-state index in [4.69, 9.17) is 5.14 Å². The first-order chi connectivity index (χ1) is 7.22. The Bertz CT molecular complexity index is 262. The average Bonchev–Trinajstić information content (AvgIpc) is 2.29. The van der Waals surface area contributed by atoms with Gasteiger partial charge in [0.15, 0.2) is 0 Å². The second kappa shape index (κ2) is 8.74. The molecule has 1 heterocycles. The molecular weight excluding hydrogens is 204 g/mol. The third-order valence-electron chi connectivity index (χ3n) is 1.92. The molecule has 15 heavy (non-hydrogen) atoms. The zero-order valence-corrected chi connectivity index (χ0v) is 11.0. The number of pyridine rings is 1. The lowest BCUT2D eigenvalue weighted by Crippen LogP contribution is -1.93. The maximum Gasteiger partial charge on any atom is 0.0417 e. The van der Waals surface area contributed by atoms with Crippen LogP contribution in [0, 0.1) is 5.92 Å². The molecular formula is C12H22N2S. The molecule has 0 spiro atoms. The lowest BCUT2D eigenvalue weighted by Gasteiger charge is -2.04. The van der Waals surface area contributed by atoms with Gasteiger partial charge in [0.1, 0.15) is 0 Å². The van der Waals surface area contributed by atoms with E-state index in [1.165, 1.54) is 23.9 Å². The molecule has 0 saturated heterocycles. The molecule has 2 N–H and O–H groups in total. The molecule has 1 aromatic rings. The van der Waals surface area contributed by atoms with Crippen LogP contribution in [0.2, 0.25) is 0 Å². The minimum absolute atomic E-state index is 0.745. The summed E-state index contributed by atoms with van der Waals surface area (Å²) in [6.07, 6.45) is 6.02. The Balaban J connectivity index is 0.000000921. The van der Waals surface area contributed by atoms with Gasteiger partial charge in [-0.1, -0.05) is 27.7 Å². The van der Waals surface area contributed by atoms with Crippen molar-refractivity contribution in [2.75, 3.05) is 0 Å². The van der Waals surface area contributed by atoms with Gasteiger partial charge in [0, 0.05) is 17.3 Å². The van der Waals surface area contributed by atoms with Crippen LogP contribution in [0.3, 0.4) is 0 Å². The van der Waals surface area contributed by atoms with Crippen molar-refractivity contribution in [2.24, 2.45) is 11.1 Å². The highest BCUT2D eigenvalue weighted by atomic mass is 32.2. The first-order valence-corrected chi connectivity index (χ1v) is 6.41. The van der Waals surface area contributed by atoms with Crippen LogP contribution in [0.1, 0.15) is 39.7 Å². The van der Waals surface area contributed by atoms with Crippen molar-refractivity contribution < 1.29 is 0 Å². The van der Waals surface area contributed by atoms with Crippen LogP contribution < -0.4 is 5.14 Å². The minimum Gasteiger partial charge on any atom is -0.274 e. The van der Waals surface area contributed by atoms with Gasteiger partial charge in [0.05, 0.1) is 0 Å². The Morgan fingerprint density at radius 3 is 2.53 bits per heavy atom. The maximum atomic E-state index is 5.45. The zero-order valence-electron chi connectivity index (χ0n) is 10.2. The van der Waals surface area contributed by atoms with Gasteiger partial charge < -0.3 is 0 Å². The van der Waals surface area contributed by atoms with E-state index in [2.05, 4.69) is 24.9 Å². The van der Waals surface area contributed by atoms with Crippen molar-refractivity contribution in [1.82, 2.24) is 4.98 Å². The van der Waals surface area contributed by atoms with Gasteiger partial charge in [-0.05, 0) is 42.3 Å². The molecule has 0 amide bonds. The Kier molecular flexibility index (Phi) is 8.43. The van der Waals surface area contributed by atoms with Crippen LogP contribution in [-0.4, -0.2) is 4.98 Å². The summed E-state index contributed by atoms with van der Waals surface area (Å²) in [4.78, 5) is 5.18. The van der Waals surface area contributed by atoms with Gasteiger partial charge in [-0.25, -0.2) is 0 Å². The van der Waals surface area contributed by atoms with Crippen LogP contribution in [0.25, 0.3) is 0 Å². The number of hydrogen-bond donors (Lipinski definition) is 1. The van der Waals surface area contributed by atoms with Crippen molar-refractivity contribution >= 4 is 11.9 Å². The molecule has 0 bridgehead atoms. The second-order valence-electron chi connectivity index (χ2n) is 3.58. The van der Waals surface area contributed by atoms with Crippen LogP contribution in [0.4, 0.5) is 0 Å². The van der Waals surface area contributed by atoms with Crippen LogP contribution in [0.15, 0.2) is 23.4 Å². The number of hydrogen-bond acceptors (Lipinski definition) is 3. The number of aromatic nitrogens is 1. The number of nitrogens with two attached hydrogens (primary N) is 1. The van der Waals surface area contributed by atoms with E-state index in [-0.39, 0.29) is 0 Å². The molecule has 0 aliphatic carbocycles. The predicted molar refractivity (Wildman–Crippen MR) is 68.8 cm³/mol. The van der Waals surface area contributed by atoms with Crippen molar-refractivity contribution in [3.63, 3.8) is 0 Å². The summed E-state index contributed by atoms with van der Waals surface area (Å²) in [7, 11) is 0. The highest BCUT2D eigenvalue weighted by Gasteiger charge is 1.98. The molecule has 0 aliphatic heterocycles. The zero-order chi connectivity index (χ0) is 11.7. The fourth-order valence-electron chi connectivity index (χ4n) is 1.12. The van der Waals surface area contributed by atoms with E-state index >= 15 is 0 Å². The topological polar surface area (TPSA) is 38.9 Å². The van der Waals surface area contributed by atoms with Crippen molar-refractivity contribution in [1.29, 1.82) is 0 Å². The molecule has 86 valence electrons. The smallest absolute Gasteiger partial charge is 0.0417 e. The highest BCUT2D eigenvalue weighted by molar-refractivity contribution is 7.97. The standard InChI is InChI=1S/C10H16N2S.C2H6/c1-8(2)3-4-9-5-10(13-11)7-12-6-9;1-2/h5-8H,3-4,11H2,1-2H3;1-2H3. The van der Waals surface area contributed by atoms with E-state index in [9.17, 15) is 0 Å². The summed E-state index contributed by atoms with van der Waals surface area (Å²) in [5.74, 6) is 0.745. The molecule has 1 rings (SSSR count). The minimum atomic E-state index is 0.745. The number of aryl methyl sites for hydroxylation is 1. The van der Waals surface area contributed by atoms with Crippen LogP contribution in [-0.2, 0) is 6.42 Å². The van der Waals surface area contributed by atoms with Crippen molar-refractivity contribution in [3.05, 3.63) is 24.0 Å². The van der Waals surface area contributed by atoms with E-state index < -0.39 is 0 Å². The molecule has 2 nitrogen and oxygen atoms in total. The van der Waals surface area contributed by atoms with Crippen LogP contribution in [0.5, 0.6) is 0 Å². The summed E-state index contributed by atoms with van der Waals surface area (Å²) >= 11 is 1.25. The molecule has 0 radical (unpaired) electrons. The molecule has 0 atom stereocenters. The number of nitrogens with zero attached hydrogens (tertiary/aromatic N) is 1. The fraction of sp³-hybridized carbons (Fsp3) is 0.583. The third kappa shape index (κ3) is 6.52. The van der Waals surface area contributed by atoms with Gasteiger partial charge >= 0.3 is 0 Å². The Morgan fingerprint density at radius 2 is 2.00 bits per heavy atom. The molecule has 0 saturated carbocycles. The van der Waals surface area contributed by atoms with Gasteiger partial charge in [-0.15, -0.1) is 0 Å². The lowest BCUT2D eigenvalue weighted by atomic mass is 10.0. The molecule has 3 heteroatoms. The largest absolute Gasteiger partial charge is 0.274 e.